The summed E-state index contributed by atoms with van der Waals surface area (Å²) in [5, 5.41) is 0. The molecule has 0 saturated heterocycles. The average molecular weight is 257 g/mol. The number of carbonyl (C=O) groups is 1. The normalized spacial score (nSPS) is 14.1. The van der Waals surface area contributed by atoms with E-state index in [4.69, 9.17) is 0 Å². The maximum absolute atomic E-state index is 12.2. The molecule has 0 saturated carbocycles. The zero-order valence-corrected chi connectivity index (χ0v) is 13.9. The van der Waals surface area contributed by atoms with E-state index in [0.717, 1.165) is 17.6 Å². The Morgan fingerprint density at radius 1 is 1.00 bits per heavy atom. The fourth-order valence-corrected chi connectivity index (χ4v) is 1.48. The van der Waals surface area contributed by atoms with Gasteiger partial charge in [0, 0.05) is 17.5 Å². The number of likely N-dealkylation sites (N-methyl/N-ethyl adjacent to an activating group) is 1. The quantitative estimate of drug-likeness (QED) is 0.705. The van der Waals surface area contributed by atoms with Gasteiger partial charge in [-0.1, -0.05) is 20.8 Å². The Morgan fingerprint density at radius 3 is 1.72 bits per heavy atom. The third-order valence-corrected chi connectivity index (χ3v) is 3.16. The molecular weight excluding hydrogens is 224 g/mol. The van der Waals surface area contributed by atoms with Gasteiger partial charge in [0.1, 0.15) is 0 Å². The van der Waals surface area contributed by atoms with Gasteiger partial charge in [0.15, 0.2) is 5.78 Å². The second-order valence-electron chi connectivity index (χ2n) is 8.28. The van der Waals surface area contributed by atoms with Gasteiger partial charge < -0.3 is 4.48 Å². The van der Waals surface area contributed by atoms with E-state index in [1.54, 1.807) is 0 Å². The summed E-state index contributed by atoms with van der Waals surface area (Å²) in [5.41, 5.74) is -0.212. The Kier molecular flexibility index (Phi) is 5.57. The molecule has 0 atom stereocenters. The Hall–Kier alpha value is -0.410. The highest BCUT2D eigenvalue weighted by Crippen LogP contribution is 2.19. The van der Waals surface area contributed by atoms with E-state index in [0.29, 0.717) is 12.3 Å². The van der Waals surface area contributed by atoms with Crippen molar-refractivity contribution in [2.75, 3.05) is 40.8 Å². The van der Waals surface area contributed by atoms with Crippen LogP contribution in [-0.2, 0) is 4.79 Å². The van der Waals surface area contributed by atoms with Gasteiger partial charge in [0.2, 0.25) is 0 Å². The lowest BCUT2D eigenvalue weighted by Crippen LogP contribution is -2.51. The number of quaternary nitrogens is 1. The zero-order chi connectivity index (χ0) is 14.8. The zero-order valence-electron chi connectivity index (χ0n) is 13.9. The van der Waals surface area contributed by atoms with E-state index >= 15 is 0 Å². The molecule has 0 heterocycles. The summed E-state index contributed by atoms with van der Waals surface area (Å²) in [5.74, 6) is 0.318. The first kappa shape index (κ1) is 17.6. The number of hydrogen-bond donors (Lipinski definition) is 0. The predicted octanol–water partition coefficient (Wildman–Crippen LogP) is 2.41. The largest absolute Gasteiger partial charge is 0.330 e. The maximum atomic E-state index is 12.2. The second-order valence-corrected chi connectivity index (χ2v) is 8.28. The SMILES string of the molecule is CC(C)(C)C(=O)CN(CC[N+](C)(C)C)C(C)(C)C. The minimum absolute atomic E-state index is 0.0378. The lowest BCUT2D eigenvalue weighted by Gasteiger charge is -2.38. The summed E-state index contributed by atoms with van der Waals surface area (Å²) >= 11 is 0. The van der Waals surface area contributed by atoms with Gasteiger partial charge in [0.05, 0.1) is 34.2 Å². The van der Waals surface area contributed by atoms with Crippen LogP contribution in [0.25, 0.3) is 0 Å². The third kappa shape index (κ3) is 7.12. The van der Waals surface area contributed by atoms with Gasteiger partial charge in [-0.2, -0.15) is 0 Å². The first-order valence-electron chi connectivity index (χ1n) is 6.82. The molecule has 18 heavy (non-hydrogen) atoms. The van der Waals surface area contributed by atoms with E-state index in [1.165, 1.54) is 0 Å². The third-order valence-electron chi connectivity index (χ3n) is 3.16. The van der Waals surface area contributed by atoms with Crippen LogP contribution in [0.15, 0.2) is 0 Å². The van der Waals surface area contributed by atoms with Crippen LogP contribution in [0.3, 0.4) is 0 Å². The van der Waals surface area contributed by atoms with Gasteiger partial charge >= 0.3 is 0 Å². The molecule has 0 aromatic carbocycles. The van der Waals surface area contributed by atoms with Gasteiger partial charge in [-0.15, -0.1) is 0 Å². The maximum Gasteiger partial charge on any atom is 0.152 e. The lowest BCUT2D eigenvalue weighted by molar-refractivity contribution is -0.869. The van der Waals surface area contributed by atoms with E-state index in [2.05, 4.69) is 46.8 Å². The van der Waals surface area contributed by atoms with Crippen molar-refractivity contribution in [3.05, 3.63) is 0 Å². The summed E-state index contributed by atoms with van der Waals surface area (Å²) in [6, 6.07) is 0. The van der Waals surface area contributed by atoms with Crippen molar-refractivity contribution in [1.82, 2.24) is 4.90 Å². The van der Waals surface area contributed by atoms with Crippen LogP contribution in [0.2, 0.25) is 0 Å². The summed E-state index contributed by atoms with van der Waals surface area (Å²) < 4.78 is 0.927. The molecule has 3 heteroatoms. The fourth-order valence-electron chi connectivity index (χ4n) is 1.48. The van der Waals surface area contributed by atoms with Crippen LogP contribution >= 0.6 is 0 Å². The number of Topliss-reactive ketones (excluding diaryl/α,β-unsaturated/α-hetero) is 1. The molecule has 0 aromatic rings. The van der Waals surface area contributed by atoms with Gasteiger partial charge in [-0.25, -0.2) is 0 Å². The molecule has 0 aromatic heterocycles. The van der Waals surface area contributed by atoms with Crippen molar-refractivity contribution >= 4 is 5.78 Å². The fraction of sp³-hybridized carbons (Fsp3) is 0.933. The van der Waals surface area contributed by atoms with Crippen LogP contribution in [0.5, 0.6) is 0 Å². The van der Waals surface area contributed by atoms with Gasteiger partial charge in [-0.3, -0.25) is 9.69 Å². The molecule has 0 amide bonds. The molecule has 0 rings (SSSR count). The van der Waals surface area contributed by atoms with Crippen molar-refractivity contribution in [2.45, 2.75) is 47.1 Å². The van der Waals surface area contributed by atoms with Crippen molar-refractivity contribution in [2.24, 2.45) is 5.41 Å². The average Bonchev–Trinajstić information content (AvgIpc) is 2.06. The van der Waals surface area contributed by atoms with Crippen molar-refractivity contribution in [1.29, 1.82) is 0 Å². The molecular formula is C15H33N2O+. The van der Waals surface area contributed by atoms with Gasteiger partial charge in [-0.05, 0) is 20.8 Å². The monoisotopic (exact) mass is 257 g/mol. The smallest absolute Gasteiger partial charge is 0.152 e. The molecule has 0 N–H and O–H groups in total. The molecule has 0 spiro atoms. The molecule has 0 aliphatic rings. The molecule has 0 fully saturated rings. The summed E-state index contributed by atoms with van der Waals surface area (Å²) in [6.45, 7) is 15.1. The highest BCUT2D eigenvalue weighted by molar-refractivity contribution is 5.85. The summed E-state index contributed by atoms with van der Waals surface area (Å²) in [7, 11) is 6.56. The number of hydrogen-bond acceptors (Lipinski definition) is 2. The molecule has 0 aliphatic heterocycles. The molecule has 108 valence electrons. The summed E-state index contributed by atoms with van der Waals surface area (Å²) in [4.78, 5) is 14.5. The van der Waals surface area contributed by atoms with E-state index in [1.807, 2.05) is 20.8 Å². The van der Waals surface area contributed by atoms with E-state index in [-0.39, 0.29) is 11.0 Å². The Labute approximate surface area is 114 Å². The summed E-state index contributed by atoms with van der Waals surface area (Å²) in [6.07, 6.45) is 0. The topological polar surface area (TPSA) is 20.3 Å². The first-order chi connectivity index (χ1) is 7.73. The van der Waals surface area contributed by atoms with Crippen molar-refractivity contribution in [3.8, 4) is 0 Å². The highest BCUT2D eigenvalue weighted by Gasteiger charge is 2.29. The molecule has 0 bridgehead atoms. The molecule has 0 unspecified atom stereocenters. The Bertz CT molecular complexity index is 276. The van der Waals surface area contributed by atoms with Crippen LogP contribution in [0.4, 0.5) is 0 Å². The number of carbonyl (C=O) groups excluding carboxylic acids is 1. The minimum atomic E-state index is -0.250. The number of nitrogens with zero attached hydrogens (tertiary/aromatic N) is 2. The Balaban J connectivity index is 4.68. The first-order valence-corrected chi connectivity index (χ1v) is 6.82. The van der Waals surface area contributed by atoms with E-state index in [9.17, 15) is 4.79 Å². The van der Waals surface area contributed by atoms with Crippen LogP contribution in [0, 0.1) is 5.41 Å². The molecule has 3 nitrogen and oxygen atoms in total. The Morgan fingerprint density at radius 2 is 1.44 bits per heavy atom. The van der Waals surface area contributed by atoms with Gasteiger partial charge in [0.25, 0.3) is 0 Å². The molecule has 0 radical (unpaired) electrons. The van der Waals surface area contributed by atoms with E-state index < -0.39 is 0 Å². The predicted molar refractivity (Wildman–Crippen MR) is 78.7 cm³/mol. The van der Waals surface area contributed by atoms with Crippen LogP contribution < -0.4 is 0 Å². The minimum Gasteiger partial charge on any atom is -0.330 e. The highest BCUT2D eigenvalue weighted by atomic mass is 16.1. The standard InChI is InChI=1S/C15H33N2O/c1-14(2,3)13(18)12-16(15(4,5)6)10-11-17(7,8)9/h10-12H2,1-9H3/q+1. The number of ketones is 1. The van der Waals surface area contributed by atoms with Crippen LogP contribution in [-0.4, -0.2) is 61.5 Å². The van der Waals surface area contributed by atoms with Crippen molar-refractivity contribution < 1.29 is 9.28 Å². The lowest BCUT2D eigenvalue weighted by atomic mass is 9.89. The van der Waals surface area contributed by atoms with Crippen LogP contribution in [0.1, 0.15) is 41.5 Å². The number of rotatable bonds is 5. The molecule has 0 aliphatic carbocycles. The van der Waals surface area contributed by atoms with Crippen molar-refractivity contribution in [3.63, 3.8) is 0 Å². The second kappa shape index (κ2) is 5.70.